The largest absolute Gasteiger partial charge is 0.395 e. The first-order valence-electron chi connectivity index (χ1n) is 5.60. The lowest BCUT2D eigenvalue weighted by Gasteiger charge is -2.23. The van der Waals surface area contributed by atoms with E-state index in [2.05, 4.69) is 38.2 Å². The highest BCUT2D eigenvalue weighted by atomic mass is 16.3. The summed E-state index contributed by atoms with van der Waals surface area (Å²) >= 11 is 0. The minimum absolute atomic E-state index is 0.245. The molecule has 0 aromatic carbocycles. The van der Waals surface area contributed by atoms with Gasteiger partial charge in [-0.05, 0) is 26.4 Å². The lowest BCUT2D eigenvalue weighted by molar-refractivity contribution is 0.196. The molecule has 0 rings (SSSR count). The molecule has 0 heterocycles. The Bertz CT molecular complexity index is 128. The number of nitrogens with zero attached hydrogens (tertiary/aromatic N) is 1. The van der Waals surface area contributed by atoms with Crippen LogP contribution in [0.3, 0.4) is 0 Å². The number of likely N-dealkylation sites (N-methyl/N-ethyl adjacent to an activating group) is 1. The standard InChI is InChI=1S/C11H26N2O/c1-5-6-10(2)11(9-14)12-7-8-13(3)4/h10-12,14H,5-9H2,1-4H3. The molecule has 14 heavy (non-hydrogen) atoms. The highest BCUT2D eigenvalue weighted by Crippen LogP contribution is 2.09. The van der Waals surface area contributed by atoms with E-state index in [0.29, 0.717) is 5.92 Å². The third kappa shape index (κ3) is 6.35. The molecule has 0 saturated carbocycles. The Hall–Kier alpha value is -0.120. The van der Waals surface area contributed by atoms with Gasteiger partial charge in [0.1, 0.15) is 0 Å². The summed E-state index contributed by atoms with van der Waals surface area (Å²) in [5.74, 6) is 0.562. The molecule has 2 unspecified atom stereocenters. The van der Waals surface area contributed by atoms with Crippen molar-refractivity contribution in [2.45, 2.75) is 32.7 Å². The van der Waals surface area contributed by atoms with Gasteiger partial charge in [0.25, 0.3) is 0 Å². The smallest absolute Gasteiger partial charge is 0.0587 e. The molecule has 3 nitrogen and oxygen atoms in total. The Morgan fingerprint density at radius 2 is 2.00 bits per heavy atom. The average Bonchev–Trinajstić information content (AvgIpc) is 2.12. The second kappa shape index (κ2) is 8.21. The van der Waals surface area contributed by atoms with E-state index in [4.69, 9.17) is 0 Å². The Kier molecular flexibility index (Phi) is 8.14. The quantitative estimate of drug-likeness (QED) is 0.615. The van der Waals surface area contributed by atoms with Gasteiger partial charge in [-0.1, -0.05) is 20.3 Å². The van der Waals surface area contributed by atoms with Crippen LogP contribution in [-0.4, -0.2) is 49.8 Å². The van der Waals surface area contributed by atoms with Crippen LogP contribution in [0.15, 0.2) is 0 Å². The van der Waals surface area contributed by atoms with E-state index >= 15 is 0 Å². The lowest BCUT2D eigenvalue weighted by atomic mass is 9.97. The summed E-state index contributed by atoms with van der Waals surface area (Å²) in [5, 5.41) is 12.6. The molecule has 0 aromatic rings. The Balaban J connectivity index is 3.66. The summed E-state index contributed by atoms with van der Waals surface area (Å²) in [6.45, 7) is 6.61. The van der Waals surface area contributed by atoms with Crippen molar-refractivity contribution >= 4 is 0 Å². The summed E-state index contributed by atoms with van der Waals surface area (Å²) in [6, 6.07) is 0.259. The van der Waals surface area contributed by atoms with E-state index in [-0.39, 0.29) is 12.6 Å². The fraction of sp³-hybridized carbons (Fsp3) is 1.00. The van der Waals surface area contributed by atoms with Gasteiger partial charge in [-0.3, -0.25) is 0 Å². The first kappa shape index (κ1) is 13.9. The molecule has 0 saturated heterocycles. The zero-order valence-corrected chi connectivity index (χ0v) is 10.1. The normalized spacial score (nSPS) is 15.9. The van der Waals surface area contributed by atoms with Gasteiger partial charge >= 0.3 is 0 Å². The van der Waals surface area contributed by atoms with Gasteiger partial charge in [0.2, 0.25) is 0 Å². The molecule has 0 aliphatic carbocycles. The molecule has 0 spiro atoms. The minimum atomic E-state index is 0.245. The fourth-order valence-corrected chi connectivity index (χ4v) is 1.58. The molecule has 2 N–H and O–H groups in total. The predicted octanol–water partition coefficient (Wildman–Crippen LogP) is 0.935. The van der Waals surface area contributed by atoms with Crippen molar-refractivity contribution in [3.05, 3.63) is 0 Å². The topological polar surface area (TPSA) is 35.5 Å². The number of nitrogens with one attached hydrogen (secondary N) is 1. The van der Waals surface area contributed by atoms with E-state index < -0.39 is 0 Å². The van der Waals surface area contributed by atoms with Gasteiger partial charge in [0.05, 0.1) is 6.61 Å². The third-order valence-electron chi connectivity index (χ3n) is 2.59. The zero-order chi connectivity index (χ0) is 11.0. The van der Waals surface area contributed by atoms with Crippen molar-refractivity contribution in [1.82, 2.24) is 10.2 Å². The van der Waals surface area contributed by atoms with Crippen LogP contribution in [0.2, 0.25) is 0 Å². The second-order valence-corrected chi connectivity index (χ2v) is 4.31. The maximum Gasteiger partial charge on any atom is 0.0587 e. The van der Waals surface area contributed by atoms with Crippen LogP contribution in [0, 0.1) is 5.92 Å². The molecule has 0 aliphatic rings. The molecular formula is C11H26N2O. The maximum atomic E-state index is 9.21. The van der Waals surface area contributed by atoms with E-state index in [1.54, 1.807) is 0 Å². The SMILES string of the molecule is CCCC(C)C(CO)NCCN(C)C. The number of hydrogen-bond donors (Lipinski definition) is 2. The summed E-state index contributed by atoms with van der Waals surface area (Å²) in [6.07, 6.45) is 2.37. The predicted molar refractivity (Wildman–Crippen MR) is 61.5 cm³/mol. The Labute approximate surface area is 88.5 Å². The summed E-state index contributed by atoms with van der Waals surface area (Å²) in [4.78, 5) is 2.14. The van der Waals surface area contributed by atoms with Crippen LogP contribution < -0.4 is 5.32 Å². The molecule has 3 heteroatoms. The van der Waals surface area contributed by atoms with E-state index in [0.717, 1.165) is 13.1 Å². The van der Waals surface area contributed by atoms with Gasteiger partial charge in [0, 0.05) is 19.1 Å². The molecule has 0 aliphatic heterocycles. The van der Waals surface area contributed by atoms with Crippen LogP contribution >= 0.6 is 0 Å². The highest BCUT2D eigenvalue weighted by Gasteiger charge is 2.14. The fourth-order valence-electron chi connectivity index (χ4n) is 1.58. The molecule has 0 radical (unpaired) electrons. The molecule has 86 valence electrons. The highest BCUT2D eigenvalue weighted by molar-refractivity contribution is 4.72. The third-order valence-corrected chi connectivity index (χ3v) is 2.59. The molecule has 2 atom stereocenters. The number of hydrogen-bond acceptors (Lipinski definition) is 3. The van der Waals surface area contributed by atoms with E-state index in [1.807, 2.05) is 0 Å². The molecule has 0 fully saturated rings. The van der Waals surface area contributed by atoms with E-state index in [1.165, 1.54) is 12.8 Å². The molecule has 0 amide bonds. The summed E-state index contributed by atoms with van der Waals surface area (Å²) in [5.41, 5.74) is 0. The second-order valence-electron chi connectivity index (χ2n) is 4.31. The van der Waals surface area contributed by atoms with Crippen LogP contribution in [0.1, 0.15) is 26.7 Å². The first-order valence-corrected chi connectivity index (χ1v) is 5.60. The van der Waals surface area contributed by atoms with Crippen molar-refractivity contribution in [3.63, 3.8) is 0 Å². The van der Waals surface area contributed by atoms with Crippen molar-refractivity contribution in [3.8, 4) is 0 Å². The summed E-state index contributed by atoms with van der Waals surface area (Å²) in [7, 11) is 4.12. The summed E-state index contributed by atoms with van der Waals surface area (Å²) < 4.78 is 0. The van der Waals surface area contributed by atoms with E-state index in [9.17, 15) is 5.11 Å². The lowest BCUT2D eigenvalue weighted by Crippen LogP contribution is -2.41. The first-order chi connectivity index (χ1) is 6.61. The average molecular weight is 202 g/mol. The molecular weight excluding hydrogens is 176 g/mol. The van der Waals surface area contributed by atoms with Gasteiger partial charge in [-0.25, -0.2) is 0 Å². The van der Waals surface area contributed by atoms with Crippen molar-refractivity contribution in [2.75, 3.05) is 33.8 Å². The zero-order valence-electron chi connectivity index (χ0n) is 10.1. The van der Waals surface area contributed by atoms with Crippen LogP contribution in [-0.2, 0) is 0 Å². The number of rotatable bonds is 8. The Morgan fingerprint density at radius 1 is 1.36 bits per heavy atom. The van der Waals surface area contributed by atoms with Gasteiger partial charge in [-0.15, -0.1) is 0 Å². The van der Waals surface area contributed by atoms with Crippen molar-refractivity contribution in [2.24, 2.45) is 5.92 Å². The minimum Gasteiger partial charge on any atom is -0.395 e. The molecule has 0 aromatic heterocycles. The van der Waals surface area contributed by atoms with Crippen molar-refractivity contribution in [1.29, 1.82) is 0 Å². The van der Waals surface area contributed by atoms with Crippen molar-refractivity contribution < 1.29 is 5.11 Å². The van der Waals surface area contributed by atoms with Crippen LogP contribution in [0.4, 0.5) is 0 Å². The number of aliphatic hydroxyl groups excluding tert-OH is 1. The molecule has 0 bridgehead atoms. The monoisotopic (exact) mass is 202 g/mol. The van der Waals surface area contributed by atoms with Gasteiger partial charge in [0.15, 0.2) is 0 Å². The van der Waals surface area contributed by atoms with Gasteiger partial charge in [-0.2, -0.15) is 0 Å². The van der Waals surface area contributed by atoms with Crippen LogP contribution in [0.25, 0.3) is 0 Å². The van der Waals surface area contributed by atoms with Gasteiger partial charge < -0.3 is 15.3 Å². The van der Waals surface area contributed by atoms with Crippen LogP contribution in [0.5, 0.6) is 0 Å². The number of aliphatic hydroxyl groups is 1. The Morgan fingerprint density at radius 3 is 2.43 bits per heavy atom. The maximum absolute atomic E-state index is 9.21.